The Morgan fingerprint density at radius 2 is 2.12 bits per heavy atom. The van der Waals surface area contributed by atoms with Crippen LogP contribution in [-0.4, -0.2) is 23.8 Å². The van der Waals surface area contributed by atoms with Crippen LogP contribution in [0.4, 0.5) is 0 Å². The fourth-order valence-electron chi connectivity index (χ4n) is 1.45. The summed E-state index contributed by atoms with van der Waals surface area (Å²) in [7, 11) is 0. The van der Waals surface area contributed by atoms with Gasteiger partial charge < -0.3 is 10.4 Å². The standard InChI is InChI=1S/C12H11ClN2O2/c13-9-3-1-8(2-4-9)5-14-6-10-11(16)7-15-12(10)17/h1-4,6,16H,5,7H2,(H,15,17). The molecular weight excluding hydrogens is 240 g/mol. The van der Waals surface area contributed by atoms with Gasteiger partial charge in [-0.3, -0.25) is 9.79 Å². The summed E-state index contributed by atoms with van der Waals surface area (Å²) in [4.78, 5) is 15.3. The van der Waals surface area contributed by atoms with Gasteiger partial charge in [0.25, 0.3) is 5.91 Å². The van der Waals surface area contributed by atoms with E-state index in [4.69, 9.17) is 11.6 Å². The lowest BCUT2D eigenvalue weighted by molar-refractivity contribution is -0.116. The number of rotatable bonds is 3. The molecule has 2 rings (SSSR count). The highest BCUT2D eigenvalue weighted by molar-refractivity contribution is 6.30. The van der Waals surface area contributed by atoms with Crippen molar-refractivity contribution in [3.63, 3.8) is 0 Å². The maximum absolute atomic E-state index is 11.2. The van der Waals surface area contributed by atoms with Crippen molar-refractivity contribution in [2.75, 3.05) is 6.54 Å². The fourth-order valence-corrected chi connectivity index (χ4v) is 1.58. The van der Waals surface area contributed by atoms with Crippen LogP contribution in [0.15, 0.2) is 40.6 Å². The number of aliphatic imine (C=N–C) groups is 1. The van der Waals surface area contributed by atoms with Crippen molar-refractivity contribution in [3.8, 4) is 0 Å². The summed E-state index contributed by atoms with van der Waals surface area (Å²) in [5.41, 5.74) is 1.23. The molecule has 0 radical (unpaired) electrons. The zero-order valence-corrected chi connectivity index (χ0v) is 9.74. The number of aliphatic hydroxyl groups is 1. The van der Waals surface area contributed by atoms with Crippen LogP contribution in [0.2, 0.25) is 5.02 Å². The van der Waals surface area contributed by atoms with Gasteiger partial charge in [-0.25, -0.2) is 0 Å². The summed E-state index contributed by atoms with van der Waals surface area (Å²) in [5.74, 6) is -0.253. The normalized spacial score (nSPS) is 15.7. The molecule has 0 atom stereocenters. The SMILES string of the molecule is O=C1NCC(O)=C1C=NCc1ccc(Cl)cc1. The van der Waals surface area contributed by atoms with Gasteiger partial charge >= 0.3 is 0 Å². The van der Waals surface area contributed by atoms with E-state index < -0.39 is 0 Å². The molecule has 1 amide bonds. The van der Waals surface area contributed by atoms with Gasteiger partial charge in [-0.2, -0.15) is 0 Å². The van der Waals surface area contributed by atoms with E-state index in [1.807, 2.05) is 12.1 Å². The Hall–Kier alpha value is -1.81. The molecule has 1 heterocycles. The summed E-state index contributed by atoms with van der Waals surface area (Å²) in [6.45, 7) is 0.627. The maximum Gasteiger partial charge on any atom is 0.256 e. The fraction of sp³-hybridized carbons (Fsp3) is 0.167. The summed E-state index contributed by atoms with van der Waals surface area (Å²) < 4.78 is 0. The molecular formula is C12H11ClN2O2. The maximum atomic E-state index is 11.2. The van der Waals surface area contributed by atoms with Gasteiger partial charge in [0.15, 0.2) is 0 Å². The van der Waals surface area contributed by atoms with Gasteiger partial charge in [-0.05, 0) is 17.7 Å². The van der Waals surface area contributed by atoms with E-state index in [0.717, 1.165) is 5.56 Å². The molecule has 88 valence electrons. The topological polar surface area (TPSA) is 61.7 Å². The first-order valence-electron chi connectivity index (χ1n) is 5.11. The number of carbonyl (C=O) groups is 1. The highest BCUT2D eigenvalue weighted by Gasteiger charge is 2.19. The molecule has 0 aliphatic carbocycles. The van der Waals surface area contributed by atoms with Crippen molar-refractivity contribution >= 4 is 23.7 Å². The van der Waals surface area contributed by atoms with E-state index in [0.29, 0.717) is 11.6 Å². The second-order valence-corrected chi connectivity index (χ2v) is 4.08. The molecule has 0 aromatic heterocycles. The molecule has 0 saturated heterocycles. The zero-order chi connectivity index (χ0) is 12.3. The van der Waals surface area contributed by atoms with Crippen molar-refractivity contribution in [1.82, 2.24) is 5.32 Å². The molecule has 4 nitrogen and oxygen atoms in total. The Bertz CT molecular complexity index is 492. The Kier molecular flexibility index (Phi) is 3.44. The Morgan fingerprint density at radius 3 is 2.71 bits per heavy atom. The van der Waals surface area contributed by atoms with Crippen LogP contribution in [0.3, 0.4) is 0 Å². The summed E-state index contributed by atoms with van der Waals surface area (Å²) in [6, 6.07) is 7.29. The number of carbonyl (C=O) groups excluding carboxylic acids is 1. The van der Waals surface area contributed by atoms with Crippen molar-refractivity contribution < 1.29 is 9.90 Å². The van der Waals surface area contributed by atoms with Crippen molar-refractivity contribution in [2.45, 2.75) is 6.54 Å². The van der Waals surface area contributed by atoms with E-state index in [1.54, 1.807) is 12.1 Å². The van der Waals surface area contributed by atoms with Crippen LogP contribution in [0, 0.1) is 0 Å². The van der Waals surface area contributed by atoms with E-state index in [9.17, 15) is 9.90 Å². The number of hydrogen-bond acceptors (Lipinski definition) is 3. The minimum absolute atomic E-state index is 0.0369. The van der Waals surface area contributed by atoms with Crippen molar-refractivity contribution in [2.24, 2.45) is 4.99 Å². The van der Waals surface area contributed by atoms with Crippen LogP contribution < -0.4 is 5.32 Å². The third-order valence-electron chi connectivity index (χ3n) is 2.38. The van der Waals surface area contributed by atoms with Crippen molar-refractivity contribution in [3.05, 3.63) is 46.2 Å². The molecule has 1 aliphatic heterocycles. The number of hydrogen-bond donors (Lipinski definition) is 2. The first-order chi connectivity index (χ1) is 8.16. The zero-order valence-electron chi connectivity index (χ0n) is 8.98. The van der Waals surface area contributed by atoms with Gasteiger partial charge in [0.1, 0.15) is 5.76 Å². The van der Waals surface area contributed by atoms with Gasteiger partial charge in [0.2, 0.25) is 0 Å². The molecule has 0 saturated carbocycles. The molecule has 17 heavy (non-hydrogen) atoms. The van der Waals surface area contributed by atoms with Gasteiger partial charge in [-0.15, -0.1) is 0 Å². The van der Waals surface area contributed by atoms with Gasteiger partial charge in [0, 0.05) is 11.2 Å². The Morgan fingerprint density at radius 1 is 1.41 bits per heavy atom. The monoisotopic (exact) mass is 250 g/mol. The van der Waals surface area contributed by atoms with E-state index in [2.05, 4.69) is 10.3 Å². The molecule has 1 aromatic rings. The minimum Gasteiger partial charge on any atom is -0.510 e. The third kappa shape index (κ3) is 2.85. The van der Waals surface area contributed by atoms with Crippen LogP contribution in [0.1, 0.15) is 5.56 Å². The molecule has 2 N–H and O–H groups in total. The highest BCUT2D eigenvalue weighted by Crippen LogP contribution is 2.11. The Balaban J connectivity index is 2.01. The number of amides is 1. The third-order valence-corrected chi connectivity index (χ3v) is 2.63. The van der Waals surface area contributed by atoms with Crippen LogP contribution in [0.5, 0.6) is 0 Å². The molecule has 1 aromatic carbocycles. The lowest BCUT2D eigenvalue weighted by Crippen LogP contribution is -2.17. The lowest BCUT2D eigenvalue weighted by Gasteiger charge is -1.96. The quantitative estimate of drug-likeness (QED) is 0.805. The summed E-state index contributed by atoms with van der Waals surface area (Å²) >= 11 is 5.76. The summed E-state index contributed by atoms with van der Waals surface area (Å²) in [5, 5.41) is 12.6. The number of aliphatic hydroxyl groups excluding tert-OH is 1. The van der Waals surface area contributed by atoms with Gasteiger partial charge in [-0.1, -0.05) is 23.7 Å². The lowest BCUT2D eigenvalue weighted by atomic mass is 10.2. The number of nitrogens with one attached hydrogen (secondary N) is 1. The highest BCUT2D eigenvalue weighted by atomic mass is 35.5. The number of benzene rings is 1. The Labute approximate surface area is 104 Å². The number of nitrogens with zero attached hydrogens (tertiary/aromatic N) is 1. The molecule has 0 fully saturated rings. The average molecular weight is 251 g/mol. The minimum atomic E-state index is -0.289. The molecule has 5 heteroatoms. The predicted molar refractivity (Wildman–Crippen MR) is 66.3 cm³/mol. The average Bonchev–Trinajstić information content (AvgIpc) is 2.63. The molecule has 0 unspecified atom stereocenters. The number of halogens is 1. The van der Waals surface area contributed by atoms with Crippen LogP contribution in [0.25, 0.3) is 0 Å². The van der Waals surface area contributed by atoms with Crippen molar-refractivity contribution in [1.29, 1.82) is 0 Å². The van der Waals surface area contributed by atoms with Gasteiger partial charge in [0.05, 0.1) is 18.7 Å². The van der Waals surface area contributed by atoms with E-state index in [-0.39, 0.29) is 23.8 Å². The second-order valence-electron chi connectivity index (χ2n) is 3.64. The first kappa shape index (κ1) is 11.7. The van der Waals surface area contributed by atoms with Crippen LogP contribution in [-0.2, 0) is 11.3 Å². The predicted octanol–water partition coefficient (Wildman–Crippen LogP) is 1.85. The smallest absolute Gasteiger partial charge is 0.256 e. The first-order valence-corrected chi connectivity index (χ1v) is 5.49. The molecule has 1 aliphatic rings. The largest absolute Gasteiger partial charge is 0.510 e. The van der Waals surface area contributed by atoms with E-state index >= 15 is 0 Å². The molecule has 0 bridgehead atoms. The van der Waals surface area contributed by atoms with Crippen LogP contribution >= 0.6 is 11.6 Å². The second kappa shape index (κ2) is 5.01. The molecule has 0 spiro atoms. The van der Waals surface area contributed by atoms with E-state index in [1.165, 1.54) is 6.21 Å². The summed E-state index contributed by atoms with van der Waals surface area (Å²) in [6.07, 6.45) is 1.40.